The highest BCUT2D eigenvalue weighted by Gasteiger charge is 2.26. The minimum Gasteiger partial charge on any atom is -0.396 e. The Morgan fingerprint density at radius 2 is 1.96 bits per heavy atom. The Hall–Kier alpha value is -2.21. The first-order chi connectivity index (χ1) is 11.8. The van der Waals surface area contributed by atoms with E-state index in [4.69, 9.17) is 0 Å². The molecular formula is C19H27N3O3. The van der Waals surface area contributed by atoms with E-state index in [1.54, 1.807) is 24.3 Å². The van der Waals surface area contributed by atoms with Gasteiger partial charge in [-0.25, -0.2) is 4.68 Å². The quantitative estimate of drug-likeness (QED) is 0.807. The molecule has 25 heavy (non-hydrogen) atoms. The molecule has 0 spiro atoms. The molecule has 0 aliphatic heterocycles. The number of amides is 1. The predicted octanol–water partition coefficient (Wildman–Crippen LogP) is 2.33. The van der Waals surface area contributed by atoms with Crippen LogP contribution in [-0.2, 0) is 6.54 Å². The zero-order chi connectivity index (χ0) is 18.6. The van der Waals surface area contributed by atoms with Crippen LogP contribution in [-0.4, -0.2) is 32.9 Å². The smallest absolute Gasteiger partial charge is 0.274 e. The van der Waals surface area contributed by atoms with E-state index in [0.29, 0.717) is 30.2 Å². The molecule has 2 aromatic rings. The molecule has 0 bridgehead atoms. The first kappa shape index (κ1) is 19.1. The standard InChI is InChI=1S/C19H27N3O3/c1-5-19(4,10-11-23)20-17(24)16-14-8-6-7-9-15(14)18(25)22(21-16)12-13(2)3/h6-9,13,23H,5,10-12H2,1-4H3,(H,20,24). The summed E-state index contributed by atoms with van der Waals surface area (Å²) in [5.41, 5.74) is -0.462. The molecule has 1 heterocycles. The molecule has 0 saturated carbocycles. The summed E-state index contributed by atoms with van der Waals surface area (Å²) in [6, 6.07) is 7.04. The fourth-order valence-corrected chi connectivity index (χ4v) is 2.78. The van der Waals surface area contributed by atoms with Crippen molar-refractivity contribution in [3.05, 3.63) is 40.3 Å². The van der Waals surface area contributed by atoms with Gasteiger partial charge in [-0.05, 0) is 31.7 Å². The second kappa shape index (κ2) is 7.78. The number of nitrogens with one attached hydrogen (secondary N) is 1. The van der Waals surface area contributed by atoms with E-state index in [9.17, 15) is 14.7 Å². The monoisotopic (exact) mass is 345 g/mol. The van der Waals surface area contributed by atoms with E-state index in [2.05, 4.69) is 10.4 Å². The summed E-state index contributed by atoms with van der Waals surface area (Å²) >= 11 is 0. The fraction of sp³-hybridized carbons (Fsp3) is 0.526. The molecule has 1 aromatic heterocycles. The van der Waals surface area contributed by atoms with Crippen molar-refractivity contribution >= 4 is 16.7 Å². The molecule has 0 radical (unpaired) electrons. The summed E-state index contributed by atoms with van der Waals surface area (Å²) in [6.07, 6.45) is 1.14. The normalized spacial score (nSPS) is 13.8. The van der Waals surface area contributed by atoms with Crippen LogP contribution in [0.1, 0.15) is 51.0 Å². The molecule has 0 aliphatic rings. The number of fused-ring (bicyclic) bond motifs is 1. The Bertz CT molecular complexity index is 813. The highest BCUT2D eigenvalue weighted by atomic mass is 16.3. The minimum absolute atomic E-state index is 0.00829. The van der Waals surface area contributed by atoms with Crippen LogP contribution in [0.2, 0.25) is 0 Å². The van der Waals surface area contributed by atoms with Gasteiger partial charge in [0, 0.05) is 24.1 Å². The van der Waals surface area contributed by atoms with Gasteiger partial charge in [-0.15, -0.1) is 0 Å². The van der Waals surface area contributed by atoms with Gasteiger partial charge in [0.1, 0.15) is 0 Å². The van der Waals surface area contributed by atoms with Gasteiger partial charge in [0.05, 0.1) is 5.39 Å². The molecule has 2 N–H and O–H groups in total. The Kier molecular flexibility index (Phi) is 5.95. The lowest BCUT2D eigenvalue weighted by Gasteiger charge is -2.29. The maximum atomic E-state index is 12.9. The van der Waals surface area contributed by atoms with Crippen molar-refractivity contribution in [2.24, 2.45) is 5.92 Å². The SMILES string of the molecule is CCC(C)(CCO)NC(=O)c1nn(CC(C)C)c(=O)c2ccccc12. The van der Waals surface area contributed by atoms with Crippen LogP contribution in [0.25, 0.3) is 10.8 Å². The summed E-state index contributed by atoms with van der Waals surface area (Å²) in [7, 11) is 0. The Morgan fingerprint density at radius 3 is 2.52 bits per heavy atom. The first-order valence-corrected chi connectivity index (χ1v) is 8.74. The summed E-state index contributed by atoms with van der Waals surface area (Å²) in [6.45, 7) is 8.29. The fourth-order valence-electron chi connectivity index (χ4n) is 2.78. The van der Waals surface area contributed by atoms with Crippen LogP contribution in [0.3, 0.4) is 0 Å². The van der Waals surface area contributed by atoms with Crippen molar-refractivity contribution in [1.29, 1.82) is 0 Å². The number of hydrogen-bond donors (Lipinski definition) is 2. The Morgan fingerprint density at radius 1 is 1.32 bits per heavy atom. The van der Waals surface area contributed by atoms with Crippen molar-refractivity contribution in [2.45, 2.75) is 52.6 Å². The van der Waals surface area contributed by atoms with Gasteiger partial charge in [0.2, 0.25) is 0 Å². The van der Waals surface area contributed by atoms with E-state index < -0.39 is 5.54 Å². The summed E-state index contributed by atoms with van der Waals surface area (Å²) in [5.74, 6) is -0.0934. The van der Waals surface area contributed by atoms with Gasteiger partial charge in [-0.3, -0.25) is 9.59 Å². The Balaban J connectivity index is 2.54. The molecule has 1 unspecified atom stereocenters. The number of carbonyl (C=O) groups excluding carboxylic acids is 1. The molecule has 6 nitrogen and oxygen atoms in total. The zero-order valence-electron chi connectivity index (χ0n) is 15.4. The number of benzene rings is 1. The van der Waals surface area contributed by atoms with E-state index in [1.165, 1.54) is 4.68 Å². The van der Waals surface area contributed by atoms with E-state index in [0.717, 1.165) is 0 Å². The average Bonchev–Trinajstić information content (AvgIpc) is 2.57. The predicted molar refractivity (Wildman–Crippen MR) is 98.7 cm³/mol. The molecule has 2 rings (SSSR count). The second-order valence-electron chi connectivity index (χ2n) is 7.12. The van der Waals surface area contributed by atoms with Gasteiger partial charge in [0.25, 0.3) is 11.5 Å². The number of aliphatic hydroxyl groups excluding tert-OH is 1. The number of rotatable bonds is 7. The van der Waals surface area contributed by atoms with Crippen molar-refractivity contribution in [3.8, 4) is 0 Å². The van der Waals surface area contributed by atoms with Gasteiger partial charge in [0.15, 0.2) is 5.69 Å². The number of hydrogen-bond acceptors (Lipinski definition) is 4. The van der Waals surface area contributed by atoms with Crippen LogP contribution in [0.15, 0.2) is 29.1 Å². The van der Waals surface area contributed by atoms with Gasteiger partial charge < -0.3 is 10.4 Å². The molecule has 1 atom stereocenters. The molecular weight excluding hydrogens is 318 g/mol. The Labute approximate surface area is 147 Å². The lowest BCUT2D eigenvalue weighted by molar-refractivity contribution is 0.0880. The zero-order valence-corrected chi connectivity index (χ0v) is 15.4. The number of aliphatic hydroxyl groups is 1. The molecule has 6 heteroatoms. The number of nitrogens with zero attached hydrogens (tertiary/aromatic N) is 2. The van der Waals surface area contributed by atoms with E-state index in [-0.39, 0.29) is 29.7 Å². The average molecular weight is 345 g/mol. The molecule has 1 aromatic carbocycles. The van der Waals surface area contributed by atoms with Crippen molar-refractivity contribution in [3.63, 3.8) is 0 Å². The van der Waals surface area contributed by atoms with Crippen LogP contribution in [0.4, 0.5) is 0 Å². The van der Waals surface area contributed by atoms with Crippen molar-refractivity contribution in [1.82, 2.24) is 15.1 Å². The van der Waals surface area contributed by atoms with Gasteiger partial charge in [-0.1, -0.05) is 39.0 Å². The number of aromatic nitrogens is 2. The van der Waals surface area contributed by atoms with Crippen LogP contribution in [0, 0.1) is 5.92 Å². The van der Waals surface area contributed by atoms with Crippen LogP contribution in [0.5, 0.6) is 0 Å². The summed E-state index contributed by atoms with van der Waals surface area (Å²) < 4.78 is 1.37. The maximum Gasteiger partial charge on any atom is 0.274 e. The number of carbonyl (C=O) groups is 1. The molecule has 0 saturated heterocycles. The molecule has 136 valence electrons. The van der Waals surface area contributed by atoms with Gasteiger partial charge >= 0.3 is 0 Å². The van der Waals surface area contributed by atoms with Crippen molar-refractivity contribution in [2.75, 3.05) is 6.61 Å². The van der Waals surface area contributed by atoms with Crippen molar-refractivity contribution < 1.29 is 9.90 Å². The highest BCUT2D eigenvalue weighted by Crippen LogP contribution is 2.18. The topological polar surface area (TPSA) is 84.2 Å². The highest BCUT2D eigenvalue weighted by molar-refractivity contribution is 6.05. The summed E-state index contributed by atoms with van der Waals surface area (Å²) in [5, 5.41) is 17.6. The third-order valence-electron chi connectivity index (χ3n) is 4.48. The van der Waals surface area contributed by atoms with Crippen LogP contribution < -0.4 is 10.9 Å². The largest absolute Gasteiger partial charge is 0.396 e. The minimum atomic E-state index is -0.520. The van der Waals surface area contributed by atoms with E-state index >= 15 is 0 Å². The second-order valence-corrected chi connectivity index (χ2v) is 7.12. The summed E-state index contributed by atoms with van der Waals surface area (Å²) in [4.78, 5) is 25.5. The van der Waals surface area contributed by atoms with E-state index in [1.807, 2.05) is 27.7 Å². The lowest BCUT2D eigenvalue weighted by Crippen LogP contribution is -2.47. The third-order valence-corrected chi connectivity index (χ3v) is 4.48. The molecule has 1 amide bonds. The first-order valence-electron chi connectivity index (χ1n) is 8.74. The van der Waals surface area contributed by atoms with Gasteiger partial charge in [-0.2, -0.15) is 5.10 Å². The molecule has 0 fully saturated rings. The maximum absolute atomic E-state index is 12.9. The van der Waals surface area contributed by atoms with Crippen LogP contribution >= 0.6 is 0 Å². The third kappa shape index (κ3) is 4.25. The molecule has 0 aliphatic carbocycles. The lowest BCUT2D eigenvalue weighted by atomic mass is 9.94.